The van der Waals surface area contributed by atoms with E-state index in [2.05, 4.69) is 5.32 Å². The number of rotatable bonds is 7. The summed E-state index contributed by atoms with van der Waals surface area (Å²) < 4.78 is 5.31. The molecule has 0 spiro atoms. The van der Waals surface area contributed by atoms with Gasteiger partial charge in [-0.2, -0.15) is 0 Å². The molecule has 1 aromatic rings. The van der Waals surface area contributed by atoms with E-state index in [-0.39, 0.29) is 6.61 Å². The fourth-order valence-corrected chi connectivity index (χ4v) is 1.39. The zero-order valence-corrected chi connectivity index (χ0v) is 9.52. The minimum absolute atomic E-state index is 0.0794. The second-order valence-corrected chi connectivity index (χ2v) is 3.45. The van der Waals surface area contributed by atoms with Gasteiger partial charge in [0, 0.05) is 13.1 Å². The molecule has 0 amide bonds. The van der Waals surface area contributed by atoms with Crippen molar-refractivity contribution >= 4 is 0 Å². The first-order valence-corrected chi connectivity index (χ1v) is 5.50. The zero-order chi connectivity index (χ0) is 11.8. The minimum atomic E-state index is -0.553. The van der Waals surface area contributed by atoms with Gasteiger partial charge >= 0.3 is 0 Å². The van der Waals surface area contributed by atoms with Crippen LogP contribution in [0, 0.1) is 0 Å². The van der Waals surface area contributed by atoms with Crippen LogP contribution in [-0.4, -0.2) is 36.5 Å². The average Bonchev–Trinajstić information content (AvgIpc) is 2.30. The molecule has 90 valence electrons. The molecule has 3 N–H and O–H groups in total. The molecule has 1 rings (SSSR count). The molecule has 0 bridgehead atoms. The van der Waals surface area contributed by atoms with Gasteiger partial charge in [-0.15, -0.1) is 0 Å². The SMILES string of the molecule is CCOc1ccc(C(O)CNCCO)cc1. The first-order chi connectivity index (χ1) is 7.77. The van der Waals surface area contributed by atoms with Gasteiger partial charge in [0.15, 0.2) is 0 Å². The van der Waals surface area contributed by atoms with Crippen LogP contribution < -0.4 is 10.1 Å². The maximum absolute atomic E-state index is 9.78. The molecule has 0 saturated carbocycles. The highest BCUT2D eigenvalue weighted by molar-refractivity contribution is 5.28. The van der Waals surface area contributed by atoms with Crippen molar-refractivity contribution in [1.82, 2.24) is 5.32 Å². The van der Waals surface area contributed by atoms with E-state index in [4.69, 9.17) is 9.84 Å². The van der Waals surface area contributed by atoms with Crippen LogP contribution in [0.4, 0.5) is 0 Å². The highest BCUT2D eigenvalue weighted by atomic mass is 16.5. The molecule has 0 aliphatic carbocycles. The van der Waals surface area contributed by atoms with Gasteiger partial charge in [0.2, 0.25) is 0 Å². The Kier molecular flexibility index (Phi) is 5.85. The highest BCUT2D eigenvalue weighted by Crippen LogP contribution is 2.17. The Morgan fingerprint density at radius 3 is 2.56 bits per heavy atom. The molecule has 4 heteroatoms. The number of nitrogens with one attached hydrogen (secondary N) is 1. The van der Waals surface area contributed by atoms with Crippen LogP contribution >= 0.6 is 0 Å². The van der Waals surface area contributed by atoms with Crippen molar-refractivity contribution in [2.24, 2.45) is 0 Å². The van der Waals surface area contributed by atoms with Gasteiger partial charge in [0.1, 0.15) is 5.75 Å². The summed E-state index contributed by atoms with van der Waals surface area (Å²) in [6.45, 7) is 3.58. The predicted molar refractivity (Wildman–Crippen MR) is 62.5 cm³/mol. The number of hydrogen-bond donors (Lipinski definition) is 3. The lowest BCUT2D eigenvalue weighted by Gasteiger charge is -2.12. The van der Waals surface area contributed by atoms with Crippen LogP contribution in [0.15, 0.2) is 24.3 Å². The van der Waals surface area contributed by atoms with E-state index in [1.165, 1.54) is 0 Å². The fourth-order valence-electron chi connectivity index (χ4n) is 1.39. The molecule has 0 aliphatic rings. The smallest absolute Gasteiger partial charge is 0.119 e. The summed E-state index contributed by atoms with van der Waals surface area (Å²) in [5.74, 6) is 0.807. The molecule has 1 aromatic carbocycles. The molecule has 4 nitrogen and oxygen atoms in total. The van der Waals surface area contributed by atoms with E-state index in [9.17, 15) is 5.11 Å². The monoisotopic (exact) mass is 225 g/mol. The molecule has 0 aromatic heterocycles. The van der Waals surface area contributed by atoms with Gasteiger partial charge in [0.25, 0.3) is 0 Å². The third-order valence-electron chi connectivity index (χ3n) is 2.20. The van der Waals surface area contributed by atoms with E-state index >= 15 is 0 Å². The summed E-state index contributed by atoms with van der Waals surface area (Å²) >= 11 is 0. The van der Waals surface area contributed by atoms with Crippen LogP contribution in [0.3, 0.4) is 0 Å². The Balaban J connectivity index is 2.46. The Hall–Kier alpha value is -1.10. The van der Waals surface area contributed by atoms with Gasteiger partial charge in [-0.25, -0.2) is 0 Å². The maximum atomic E-state index is 9.78. The van der Waals surface area contributed by atoms with Gasteiger partial charge in [-0.05, 0) is 24.6 Å². The average molecular weight is 225 g/mol. The molecule has 0 fully saturated rings. The minimum Gasteiger partial charge on any atom is -0.494 e. The Bertz CT molecular complexity index is 287. The van der Waals surface area contributed by atoms with Crippen LogP contribution in [0.2, 0.25) is 0 Å². The number of aliphatic hydroxyl groups excluding tert-OH is 2. The van der Waals surface area contributed by atoms with Gasteiger partial charge in [-0.3, -0.25) is 0 Å². The molecule has 16 heavy (non-hydrogen) atoms. The van der Waals surface area contributed by atoms with E-state index in [0.717, 1.165) is 11.3 Å². The first-order valence-electron chi connectivity index (χ1n) is 5.50. The van der Waals surface area contributed by atoms with Gasteiger partial charge < -0.3 is 20.3 Å². The lowest BCUT2D eigenvalue weighted by Crippen LogP contribution is -2.24. The second-order valence-electron chi connectivity index (χ2n) is 3.45. The molecule has 1 atom stereocenters. The summed E-state index contributed by atoms with van der Waals surface area (Å²) in [6, 6.07) is 7.37. The van der Waals surface area contributed by atoms with Gasteiger partial charge in [-0.1, -0.05) is 12.1 Å². The number of hydrogen-bond acceptors (Lipinski definition) is 4. The largest absolute Gasteiger partial charge is 0.494 e. The van der Waals surface area contributed by atoms with E-state index in [0.29, 0.717) is 19.7 Å². The van der Waals surface area contributed by atoms with Crippen LogP contribution in [0.25, 0.3) is 0 Å². The molecule has 0 saturated heterocycles. The third kappa shape index (κ3) is 4.18. The maximum Gasteiger partial charge on any atom is 0.119 e. The molecule has 0 aliphatic heterocycles. The van der Waals surface area contributed by atoms with Crippen molar-refractivity contribution in [3.63, 3.8) is 0 Å². The van der Waals surface area contributed by atoms with Crippen molar-refractivity contribution in [2.75, 3.05) is 26.3 Å². The van der Waals surface area contributed by atoms with Crippen molar-refractivity contribution in [1.29, 1.82) is 0 Å². The van der Waals surface area contributed by atoms with Crippen molar-refractivity contribution in [2.45, 2.75) is 13.0 Å². The van der Waals surface area contributed by atoms with Crippen LogP contribution in [0.1, 0.15) is 18.6 Å². The molecule has 0 radical (unpaired) electrons. The Morgan fingerprint density at radius 2 is 2.00 bits per heavy atom. The highest BCUT2D eigenvalue weighted by Gasteiger charge is 2.06. The van der Waals surface area contributed by atoms with Crippen molar-refractivity contribution in [3.8, 4) is 5.75 Å². The van der Waals surface area contributed by atoms with Crippen molar-refractivity contribution < 1.29 is 14.9 Å². The predicted octanol–water partition coefficient (Wildman–Crippen LogP) is 0.701. The molecule has 0 heterocycles. The molecular weight excluding hydrogens is 206 g/mol. The topological polar surface area (TPSA) is 61.7 Å². The second kappa shape index (κ2) is 7.22. The van der Waals surface area contributed by atoms with E-state index < -0.39 is 6.10 Å². The standard InChI is InChI=1S/C12H19NO3/c1-2-16-11-5-3-10(4-6-11)12(15)9-13-7-8-14/h3-6,12-15H,2,7-9H2,1H3. The van der Waals surface area contributed by atoms with E-state index in [1.807, 2.05) is 31.2 Å². The van der Waals surface area contributed by atoms with Crippen LogP contribution in [-0.2, 0) is 0 Å². The number of benzene rings is 1. The Labute approximate surface area is 95.9 Å². The number of ether oxygens (including phenoxy) is 1. The van der Waals surface area contributed by atoms with Crippen molar-refractivity contribution in [3.05, 3.63) is 29.8 Å². The number of aliphatic hydroxyl groups is 2. The van der Waals surface area contributed by atoms with Gasteiger partial charge in [0.05, 0.1) is 19.3 Å². The van der Waals surface area contributed by atoms with Crippen LogP contribution in [0.5, 0.6) is 5.75 Å². The fraction of sp³-hybridized carbons (Fsp3) is 0.500. The summed E-state index contributed by atoms with van der Waals surface area (Å²) in [7, 11) is 0. The normalized spacial score (nSPS) is 12.4. The first kappa shape index (κ1) is 13.0. The summed E-state index contributed by atoms with van der Waals surface area (Å²) in [4.78, 5) is 0. The third-order valence-corrected chi connectivity index (χ3v) is 2.20. The lowest BCUT2D eigenvalue weighted by molar-refractivity contribution is 0.171. The lowest BCUT2D eigenvalue weighted by atomic mass is 10.1. The van der Waals surface area contributed by atoms with E-state index in [1.54, 1.807) is 0 Å². The summed E-state index contributed by atoms with van der Waals surface area (Å²) in [6.07, 6.45) is -0.553. The molecular formula is C12H19NO3. The quantitative estimate of drug-likeness (QED) is 0.598. The Morgan fingerprint density at radius 1 is 1.31 bits per heavy atom. The summed E-state index contributed by atoms with van der Waals surface area (Å²) in [5.41, 5.74) is 0.842. The molecule has 1 unspecified atom stereocenters. The zero-order valence-electron chi connectivity index (χ0n) is 9.52. The summed E-state index contributed by atoms with van der Waals surface area (Å²) in [5, 5.41) is 21.3.